The first-order valence-corrected chi connectivity index (χ1v) is 6.03. The van der Waals surface area contributed by atoms with Gasteiger partial charge in [0, 0.05) is 14.6 Å². The van der Waals surface area contributed by atoms with Gasteiger partial charge in [-0.1, -0.05) is 25.4 Å². The molecule has 1 aromatic heterocycles. The lowest BCUT2D eigenvalue weighted by Crippen LogP contribution is -1.70. The monoisotopic (exact) mass is 226 g/mol. The normalized spacial score (nSPS) is 9.79. The fraction of sp³-hybridized carbons (Fsp3) is 0.333. The summed E-state index contributed by atoms with van der Waals surface area (Å²) in [4.78, 5) is 1.38. The third-order valence-corrected chi connectivity index (χ3v) is 3.56. The van der Waals surface area contributed by atoms with Crippen LogP contribution in [0, 0.1) is 13.8 Å². The van der Waals surface area contributed by atoms with Gasteiger partial charge in [-0.3, -0.25) is 0 Å². The molecule has 0 spiro atoms. The highest BCUT2D eigenvalue weighted by atomic mass is 35.5. The molecule has 0 aliphatic heterocycles. The first-order valence-electron chi connectivity index (χ1n) is 4.84. The van der Waals surface area contributed by atoms with Crippen molar-refractivity contribution in [1.29, 1.82) is 0 Å². The lowest BCUT2D eigenvalue weighted by atomic mass is 10.2. The smallest absolute Gasteiger partial charge is 0.0413 e. The van der Waals surface area contributed by atoms with Gasteiger partial charge >= 0.3 is 0 Å². The first-order chi connectivity index (χ1) is 6.68. The van der Waals surface area contributed by atoms with E-state index in [0.717, 1.165) is 5.02 Å². The molecule has 2 rings (SSSR count). The van der Waals surface area contributed by atoms with E-state index in [1.165, 1.54) is 20.5 Å². The molecular weight excluding hydrogens is 212 g/mol. The topological polar surface area (TPSA) is 0 Å². The van der Waals surface area contributed by atoms with Crippen molar-refractivity contribution in [2.45, 2.75) is 27.7 Å². The number of aryl methyl sites for hydroxylation is 2. The summed E-state index contributed by atoms with van der Waals surface area (Å²) in [5, 5.41) is 2.12. The molecule has 0 saturated carbocycles. The zero-order valence-electron chi connectivity index (χ0n) is 9.02. The molecule has 14 heavy (non-hydrogen) atoms. The van der Waals surface area contributed by atoms with Gasteiger partial charge in [0.2, 0.25) is 0 Å². The molecule has 0 bridgehead atoms. The standard InChI is InChI=1S/C10H9ClS.C2H6/c1-6-7(2)12-10-4-3-8(11)5-9(6)10;1-2/h3-5H,1-2H3;1-2H3. The Morgan fingerprint density at radius 2 is 1.79 bits per heavy atom. The first kappa shape index (κ1) is 11.5. The van der Waals surface area contributed by atoms with Crippen molar-refractivity contribution in [1.82, 2.24) is 0 Å². The van der Waals surface area contributed by atoms with Crippen LogP contribution in [0.15, 0.2) is 18.2 Å². The molecule has 0 aliphatic carbocycles. The second-order valence-corrected chi connectivity index (χ2v) is 4.62. The van der Waals surface area contributed by atoms with Crippen LogP contribution < -0.4 is 0 Å². The Labute approximate surface area is 94.5 Å². The molecule has 0 radical (unpaired) electrons. The molecule has 0 fully saturated rings. The Balaban J connectivity index is 0.000000461. The van der Waals surface area contributed by atoms with E-state index in [1.54, 1.807) is 0 Å². The minimum absolute atomic E-state index is 0.823. The fourth-order valence-electron chi connectivity index (χ4n) is 1.32. The molecule has 2 heteroatoms. The summed E-state index contributed by atoms with van der Waals surface area (Å²) < 4.78 is 1.33. The number of hydrogen-bond acceptors (Lipinski definition) is 1. The van der Waals surface area contributed by atoms with Crippen molar-refractivity contribution in [2.24, 2.45) is 0 Å². The van der Waals surface area contributed by atoms with Crippen LogP contribution in [-0.2, 0) is 0 Å². The Hall–Kier alpha value is -0.530. The molecule has 2 aromatic rings. The molecule has 76 valence electrons. The Morgan fingerprint density at radius 1 is 1.14 bits per heavy atom. The van der Waals surface area contributed by atoms with Gasteiger partial charge in [-0.15, -0.1) is 11.3 Å². The van der Waals surface area contributed by atoms with Crippen molar-refractivity contribution in [2.75, 3.05) is 0 Å². The minimum atomic E-state index is 0.823. The number of hydrogen-bond donors (Lipinski definition) is 0. The predicted molar refractivity (Wildman–Crippen MR) is 67.7 cm³/mol. The minimum Gasteiger partial charge on any atom is -0.140 e. The van der Waals surface area contributed by atoms with Crippen LogP contribution >= 0.6 is 22.9 Å². The third kappa shape index (κ3) is 2.10. The van der Waals surface area contributed by atoms with Crippen LogP contribution in [0.25, 0.3) is 10.1 Å². The molecule has 0 atom stereocenters. The molecular formula is C12H15ClS. The zero-order chi connectivity index (χ0) is 10.7. The summed E-state index contributed by atoms with van der Waals surface area (Å²) in [6, 6.07) is 6.07. The van der Waals surface area contributed by atoms with E-state index >= 15 is 0 Å². The highest BCUT2D eigenvalue weighted by Gasteiger charge is 2.03. The van der Waals surface area contributed by atoms with Crippen LogP contribution in [0.4, 0.5) is 0 Å². The van der Waals surface area contributed by atoms with Crippen LogP contribution in [0.2, 0.25) is 5.02 Å². The third-order valence-electron chi connectivity index (χ3n) is 2.14. The Kier molecular flexibility index (Phi) is 3.97. The maximum atomic E-state index is 5.90. The number of benzene rings is 1. The maximum absolute atomic E-state index is 5.90. The number of halogens is 1. The number of thiophene rings is 1. The summed E-state index contributed by atoms with van der Waals surface area (Å²) in [6.45, 7) is 8.29. The molecule has 1 aromatic carbocycles. The summed E-state index contributed by atoms with van der Waals surface area (Å²) in [5.74, 6) is 0. The van der Waals surface area contributed by atoms with Gasteiger partial charge in [-0.05, 0) is 43.0 Å². The summed E-state index contributed by atoms with van der Waals surface area (Å²) in [6.07, 6.45) is 0. The Bertz CT molecular complexity index is 429. The van der Waals surface area contributed by atoms with Crippen molar-refractivity contribution < 1.29 is 0 Å². The second kappa shape index (κ2) is 4.81. The van der Waals surface area contributed by atoms with Crippen LogP contribution in [0.5, 0.6) is 0 Å². The van der Waals surface area contributed by atoms with Crippen molar-refractivity contribution in [3.05, 3.63) is 33.7 Å². The van der Waals surface area contributed by atoms with Gasteiger partial charge < -0.3 is 0 Å². The predicted octanol–water partition coefficient (Wildman–Crippen LogP) is 5.20. The van der Waals surface area contributed by atoms with E-state index in [1.807, 2.05) is 37.3 Å². The largest absolute Gasteiger partial charge is 0.140 e. The average Bonchev–Trinajstić information content (AvgIpc) is 2.48. The molecule has 0 amide bonds. The average molecular weight is 227 g/mol. The van der Waals surface area contributed by atoms with E-state index in [0.29, 0.717) is 0 Å². The summed E-state index contributed by atoms with van der Waals surface area (Å²) in [5.41, 5.74) is 1.36. The van der Waals surface area contributed by atoms with E-state index in [-0.39, 0.29) is 0 Å². The van der Waals surface area contributed by atoms with Gasteiger partial charge in [-0.2, -0.15) is 0 Å². The molecule has 1 heterocycles. The SMILES string of the molecule is CC.Cc1sc2ccc(Cl)cc2c1C. The van der Waals surface area contributed by atoms with Gasteiger partial charge in [0.25, 0.3) is 0 Å². The number of rotatable bonds is 0. The maximum Gasteiger partial charge on any atom is 0.0413 e. The quantitative estimate of drug-likeness (QED) is 0.580. The molecule has 0 aliphatic rings. The van der Waals surface area contributed by atoms with E-state index in [2.05, 4.69) is 19.9 Å². The summed E-state index contributed by atoms with van der Waals surface area (Å²) in [7, 11) is 0. The van der Waals surface area contributed by atoms with Crippen LogP contribution in [-0.4, -0.2) is 0 Å². The van der Waals surface area contributed by atoms with Crippen molar-refractivity contribution in [3.63, 3.8) is 0 Å². The van der Waals surface area contributed by atoms with Gasteiger partial charge in [0.15, 0.2) is 0 Å². The van der Waals surface area contributed by atoms with Crippen LogP contribution in [0.3, 0.4) is 0 Å². The molecule has 0 nitrogen and oxygen atoms in total. The van der Waals surface area contributed by atoms with E-state index in [9.17, 15) is 0 Å². The molecule has 0 unspecified atom stereocenters. The zero-order valence-corrected chi connectivity index (χ0v) is 10.6. The molecule has 0 N–H and O–H groups in total. The van der Waals surface area contributed by atoms with Gasteiger partial charge in [0.05, 0.1) is 0 Å². The lowest BCUT2D eigenvalue weighted by Gasteiger charge is -1.92. The van der Waals surface area contributed by atoms with Gasteiger partial charge in [0.1, 0.15) is 0 Å². The Morgan fingerprint density at radius 3 is 2.43 bits per heavy atom. The van der Waals surface area contributed by atoms with E-state index in [4.69, 9.17) is 11.6 Å². The van der Waals surface area contributed by atoms with Gasteiger partial charge in [-0.25, -0.2) is 0 Å². The summed E-state index contributed by atoms with van der Waals surface area (Å²) >= 11 is 7.73. The highest BCUT2D eigenvalue weighted by molar-refractivity contribution is 7.19. The fourth-order valence-corrected chi connectivity index (χ4v) is 2.54. The molecule has 0 saturated heterocycles. The van der Waals surface area contributed by atoms with Crippen LogP contribution in [0.1, 0.15) is 24.3 Å². The lowest BCUT2D eigenvalue weighted by molar-refractivity contribution is 1.47. The second-order valence-electron chi connectivity index (χ2n) is 2.92. The number of fused-ring (bicyclic) bond motifs is 1. The van der Waals surface area contributed by atoms with E-state index < -0.39 is 0 Å². The highest BCUT2D eigenvalue weighted by Crippen LogP contribution is 2.31. The van der Waals surface area contributed by atoms with Crippen molar-refractivity contribution in [3.8, 4) is 0 Å². The van der Waals surface area contributed by atoms with Crippen molar-refractivity contribution >= 4 is 33.0 Å².